The number of fused-ring (bicyclic) bond motifs is 2. The van der Waals surface area contributed by atoms with E-state index in [0.717, 1.165) is 18.3 Å². The molecule has 2 spiro atoms. The molecule has 0 amide bonds. The third-order valence-corrected chi connectivity index (χ3v) is 9.67. The highest BCUT2D eigenvalue weighted by Crippen LogP contribution is 2.95. The summed E-state index contributed by atoms with van der Waals surface area (Å²) in [6.45, 7) is 10.00. The molecule has 116 valence electrons. The monoisotopic (exact) mass is 286 g/mol. The number of carbonyl (C=O) groups is 1. The largest absolute Gasteiger partial charge is 0.299 e. The molecule has 1 nitrogen and oxygen atoms in total. The predicted molar refractivity (Wildman–Crippen MR) is 83.8 cm³/mol. The molecule has 6 fully saturated rings. The molecule has 0 heterocycles. The van der Waals surface area contributed by atoms with E-state index in [2.05, 4.69) is 27.7 Å². The molecule has 4 bridgehead atoms. The smallest absolute Gasteiger partial charge is 0.139 e. The first-order chi connectivity index (χ1) is 9.72. The second-order valence-electron chi connectivity index (χ2n) is 10.6. The normalized spacial score (nSPS) is 63.0. The number of ketones is 1. The van der Waals surface area contributed by atoms with Crippen LogP contribution < -0.4 is 0 Å². The zero-order chi connectivity index (χ0) is 14.9. The van der Waals surface area contributed by atoms with Crippen LogP contribution in [0.3, 0.4) is 0 Å². The molecule has 6 atom stereocenters. The van der Waals surface area contributed by atoms with Crippen molar-refractivity contribution in [3.8, 4) is 0 Å². The predicted octanol–water partition coefficient (Wildman–Crippen LogP) is 4.99. The van der Waals surface area contributed by atoms with Gasteiger partial charge in [-0.2, -0.15) is 0 Å². The highest BCUT2D eigenvalue weighted by molar-refractivity contribution is 5.89. The van der Waals surface area contributed by atoms with Gasteiger partial charge in [-0.3, -0.25) is 4.79 Å². The van der Waals surface area contributed by atoms with Crippen molar-refractivity contribution >= 4 is 5.78 Å². The van der Waals surface area contributed by atoms with Crippen LogP contribution in [0, 0.1) is 38.9 Å². The van der Waals surface area contributed by atoms with Crippen molar-refractivity contribution in [3.05, 3.63) is 0 Å². The van der Waals surface area contributed by atoms with Gasteiger partial charge in [-0.1, -0.05) is 34.1 Å². The molecule has 1 unspecified atom stereocenters. The first-order valence-electron chi connectivity index (χ1n) is 9.25. The Labute approximate surface area is 129 Å². The van der Waals surface area contributed by atoms with Crippen molar-refractivity contribution in [1.29, 1.82) is 0 Å². The van der Waals surface area contributed by atoms with E-state index >= 15 is 0 Å². The molecular weight excluding hydrogens is 256 g/mol. The fraction of sp³-hybridized carbons (Fsp3) is 0.950. The molecule has 0 aromatic carbocycles. The van der Waals surface area contributed by atoms with Crippen LogP contribution >= 0.6 is 0 Å². The van der Waals surface area contributed by atoms with Gasteiger partial charge in [-0.05, 0) is 72.0 Å². The van der Waals surface area contributed by atoms with Crippen molar-refractivity contribution in [2.45, 2.75) is 79.1 Å². The minimum atomic E-state index is 0.0545. The first kappa shape index (κ1) is 13.1. The Morgan fingerprint density at radius 3 is 2.52 bits per heavy atom. The number of hydrogen-bond donors (Lipinski definition) is 0. The Hall–Kier alpha value is -0.330. The van der Waals surface area contributed by atoms with E-state index in [1.165, 1.54) is 44.9 Å². The quantitative estimate of drug-likeness (QED) is 0.613. The van der Waals surface area contributed by atoms with Crippen LogP contribution in [0.5, 0.6) is 0 Å². The van der Waals surface area contributed by atoms with E-state index in [1.807, 2.05) is 0 Å². The first-order valence-corrected chi connectivity index (χ1v) is 9.25. The summed E-state index contributed by atoms with van der Waals surface area (Å²) in [6, 6.07) is 0. The SMILES string of the molecule is CC1(C)CCC[C@@]2(C)[C@H]1CCC13CC(=O)[C@@]4(C)C[C@@H]1[C@]32C4. The average Bonchev–Trinajstić information content (AvgIpc) is 2.78. The molecule has 6 aliphatic carbocycles. The van der Waals surface area contributed by atoms with Crippen LogP contribution in [0.2, 0.25) is 0 Å². The minimum absolute atomic E-state index is 0.0545. The van der Waals surface area contributed by atoms with E-state index in [-0.39, 0.29) is 5.41 Å². The molecule has 0 aliphatic heterocycles. The van der Waals surface area contributed by atoms with Crippen molar-refractivity contribution < 1.29 is 4.79 Å². The maximum absolute atomic E-state index is 12.6. The molecule has 1 heteroatoms. The molecule has 0 aromatic rings. The number of hydrogen-bond acceptors (Lipinski definition) is 1. The summed E-state index contributed by atoms with van der Waals surface area (Å²) in [5, 5.41) is 0. The Kier molecular flexibility index (Phi) is 1.97. The van der Waals surface area contributed by atoms with E-state index in [0.29, 0.717) is 27.4 Å². The summed E-state index contributed by atoms with van der Waals surface area (Å²) in [5.41, 5.74) is 2.11. The van der Waals surface area contributed by atoms with Gasteiger partial charge in [-0.15, -0.1) is 0 Å². The van der Waals surface area contributed by atoms with E-state index in [9.17, 15) is 4.79 Å². The molecule has 6 aliphatic rings. The van der Waals surface area contributed by atoms with Crippen molar-refractivity contribution in [2.75, 3.05) is 0 Å². The summed E-state index contributed by atoms with van der Waals surface area (Å²) >= 11 is 0. The minimum Gasteiger partial charge on any atom is -0.299 e. The number of Topliss-reactive ketones (excluding diaryl/α,β-unsaturated/α-hetero) is 1. The Morgan fingerprint density at radius 2 is 1.76 bits per heavy atom. The van der Waals surface area contributed by atoms with Crippen molar-refractivity contribution in [1.82, 2.24) is 0 Å². The maximum atomic E-state index is 12.6. The highest BCUT2D eigenvalue weighted by Gasteiger charge is 2.90. The maximum Gasteiger partial charge on any atom is 0.139 e. The van der Waals surface area contributed by atoms with Crippen molar-refractivity contribution in [2.24, 2.45) is 38.9 Å². The van der Waals surface area contributed by atoms with Crippen LogP contribution in [0.1, 0.15) is 79.1 Å². The zero-order valence-electron chi connectivity index (χ0n) is 14.2. The fourth-order valence-electron chi connectivity index (χ4n) is 8.98. The van der Waals surface area contributed by atoms with Gasteiger partial charge >= 0.3 is 0 Å². The molecule has 21 heavy (non-hydrogen) atoms. The van der Waals surface area contributed by atoms with Crippen LogP contribution in [0.15, 0.2) is 0 Å². The number of rotatable bonds is 0. The third-order valence-electron chi connectivity index (χ3n) is 9.67. The average molecular weight is 286 g/mol. The number of carbonyl (C=O) groups excluding carboxylic acids is 1. The molecular formula is C20H30O. The Morgan fingerprint density at radius 1 is 1.00 bits per heavy atom. The summed E-state index contributed by atoms with van der Waals surface area (Å²) < 4.78 is 0. The second-order valence-corrected chi connectivity index (χ2v) is 10.6. The molecule has 6 rings (SSSR count). The lowest BCUT2D eigenvalue weighted by Crippen LogP contribution is -2.55. The summed E-state index contributed by atoms with van der Waals surface area (Å²) in [7, 11) is 0. The van der Waals surface area contributed by atoms with Gasteiger partial charge < -0.3 is 0 Å². The van der Waals surface area contributed by atoms with Gasteiger partial charge in [-0.25, -0.2) is 0 Å². The van der Waals surface area contributed by atoms with Crippen LogP contribution in [-0.4, -0.2) is 5.78 Å². The van der Waals surface area contributed by atoms with Gasteiger partial charge in [0.1, 0.15) is 5.78 Å². The summed E-state index contributed by atoms with van der Waals surface area (Å²) in [6.07, 6.45) is 10.4. The third kappa shape index (κ3) is 1.07. The van der Waals surface area contributed by atoms with E-state index < -0.39 is 0 Å². The summed E-state index contributed by atoms with van der Waals surface area (Å²) in [4.78, 5) is 12.6. The fourth-order valence-corrected chi connectivity index (χ4v) is 8.98. The van der Waals surface area contributed by atoms with Gasteiger partial charge in [0.05, 0.1) is 0 Å². The second kappa shape index (κ2) is 3.15. The zero-order valence-corrected chi connectivity index (χ0v) is 14.2. The summed E-state index contributed by atoms with van der Waals surface area (Å²) in [5.74, 6) is 2.41. The van der Waals surface area contributed by atoms with Gasteiger partial charge in [0.2, 0.25) is 0 Å². The lowest BCUT2D eigenvalue weighted by atomic mass is 9.43. The van der Waals surface area contributed by atoms with Crippen LogP contribution in [0.4, 0.5) is 0 Å². The molecule has 6 saturated carbocycles. The Balaban J connectivity index is 1.66. The van der Waals surface area contributed by atoms with E-state index in [4.69, 9.17) is 0 Å². The topological polar surface area (TPSA) is 17.1 Å². The van der Waals surface area contributed by atoms with Gasteiger partial charge in [0.15, 0.2) is 0 Å². The Bertz CT molecular complexity index is 562. The van der Waals surface area contributed by atoms with Crippen LogP contribution in [-0.2, 0) is 4.79 Å². The van der Waals surface area contributed by atoms with E-state index in [1.54, 1.807) is 0 Å². The molecule has 0 radical (unpaired) electrons. The lowest BCUT2D eigenvalue weighted by molar-refractivity contribution is -0.151. The highest BCUT2D eigenvalue weighted by atomic mass is 16.1. The van der Waals surface area contributed by atoms with Gasteiger partial charge in [0.25, 0.3) is 0 Å². The van der Waals surface area contributed by atoms with Crippen molar-refractivity contribution in [3.63, 3.8) is 0 Å². The van der Waals surface area contributed by atoms with Crippen LogP contribution in [0.25, 0.3) is 0 Å². The lowest BCUT2D eigenvalue weighted by Gasteiger charge is -2.61. The molecule has 0 aromatic heterocycles. The van der Waals surface area contributed by atoms with Gasteiger partial charge in [0, 0.05) is 11.8 Å². The standard InChI is InChI=1S/C20H30O/c1-16(2)7-5-8-18(4)13(16)6-9-19-11-15(21)17(3)10-14(19)20(18,19)12-17/h13-14H,5-12H2,1-4H3/t13-,14-,17-,18-,19?,20-/m0/s1. The molecule has 0 saturated heterocycles. The molecule has 0 N–H and O–H groups in total.